The van der Waals surface area contributed by atoms with E-state index >= 15 is 0 Å². The minimum absolute atomic E-state index is 0.946. The highest BCUT2D eigenvalue weighted by atomic mass is 15.1. The Hall–Kier alpha value is -1.83. The van der Waals surface area contributed by atoms with Crippen LogP contribution in [0.2, 0.25) is 0 Å². The van der Waals surface area contributed by atoms with Gasteiger partial charge in [-0.05, 0) is 50.0 Å². The van der Waals surface area contributed by atoms with Crippen LogP contribution in [0.15, 0.2) is 65.1 Å². The first-order chi connectivity index (χ1) is 9.65. The lowest BCUT2D eigenvalue weighted by atomic mass is 10.0. The van der Waals surface area contributed by atoms with Crippen LogP contribution in [0, 0.1) is 0 Å². The van der Waals surface area contributed by atoms with Crippen molar-refractivity contribution < 1.29 is 0 Å². The molecule has 1 aliphatic rings. The van der Waals surface area contributed by atoms with Gasteiger partial charge in [0, 0.05) is 30.4 Å². The van der Waals surface area contributed by atoms with E-state index in [1.54, 1.807) is 0 Å². The molecule has 0 radical (unpaired) electrons. The monoisotopic (exact) mass is 270 g/mol. The summed E-state index contributed by atoms with van der Waals surface area (Å²) >= 11 is 0. The molecule has 0 aromatic rings. The van der Waals surface area contributed by atoms with E-state index in [1.165, 1.54) is 16.8 Å². The second-order valence-electron chi connectivity index (χ2n) is 4.76. The first-order valence-corrected chi connectivity index (χ1v) is 7.38. The molecule has 0 fully saturated rings. The second kappa shape index (κ2) is 8.36. The first kappa shape index (κ1) is 16.2. The third-order valence-corrected chi connectivity index (χ3v) is 3.39. The lowest BCUT2D eigenvalue weighted by molar-refractivity contribution is 0.499. The van der Waals surface area contributed by atoms with Crippen molar-refractivity contribution in [3.05, 3.63) is 60.1 Å². The molecule has 0 aromatic carbocycles. The molecule has 0 unspecified atom stereocenters. The molecule has 0 saturated heterocycles. The Labute approximate surface area is 123 Å². The first-order valence-electron chi connectivity index (χ1n) is 7.38. The Balaban J connectivity index is 3.04. The molecule has 0 saturated carbocycles. The normalized spacial score (nSPS) is 18.5. The fraction of sp³-hybridized carbons (Fsp3) is 0.389. The molecule has 0 amide bonds. The fourth-order valence-corrected chi connectivity index (χ4v) is 1.94. The zero-order valence-corrected chi connectivity index (χ0v) is 13.2. The third kappa shape index (κ3) is 4.37. The van der Waals surface area contributed by atoms with E-state index in [1.807, 2.05) is 18.4 Å². The van der Waals surface area contributed by atoms with Gasteiger partial charge >= 0.3 is 0 Å². The minimum atomic E-state index is 0.946. The van der Waals surface area contributed by atoms with Gasteiger partial charge in [0.1, 0.15) is 0 Å². The van der Waals surface area contributed by atoms with Crippen LogP contribution < -0.4 is 0 Å². The van der Waals surface area contributed by atoms with E-state index in [4.69, 9.17) is 0 Å². The van der Waals surface area contributed by atoms with Gasteiger partial charge < -0.3 is 4.90 Å². The zero-order valence-electron chi connectivity index (χ0n) is 13.2. The van der Waals surface area contributed by atoms with E-state index in [0.29, 0.717) is 0 Å². The van der Waals surface area contributed by atoms with Crippen LogP contribution in [0.25, 0.3) is 0 Å². The summed E-state index contributed by atoms with van der Waals surface area (Å²) < 4.78 is 0. The molecule has 1 aliphatic heterocycles. The SMILES string of the molecule is C=C/C=C1/C=CC(/C(=C/N=C(/C)CC)CC)=CN1CC. The number of hydrogen-bond donors (Lipinski definition) is 0. The van der Waals surface area contributed by atoms with E-state index in [9.17, 15) is 0 Å². The summed E-state index contributed by atoms with van der Waals surface area (Å²) in [5.74, 6) is 0. The summed E-state index contributed by atoms with van der Waals surface area (Å²) in [6.07, 6.45) is 14.3. The maximum Gasteiger partial charge on any atom is 0.0406 e. The summed E-state index contributed by atoms with van der Waals surface area (Å²) in [5.41, 5.74) is 4.85. The maximum absolute atomic E-state index is 4.53. The van der Waals surface area contributed by atoms with E-state index < -0.39 is 0 Å². The fourth-order valence-electron chi connectivity index (χ4n) is 1.94. The van der Waals surface area contributed by atoms with Gasteiger partial charge in [-0.1, -0.05) is 32.6 Å². The van der Waals surface area contributed by atoms with Crippen molar-refractivity contribution >= 4 is 5.71 Å². The summed E-state index contributed by atoms with van der Waals surface area (Å²) in [7, 11) is 0. The molecule has 0 atom stereocenters. The molecule has 108 valence electrons. The van der Waals surface area contributed by atoms with Gasteiger partial charge in [0.25, 0.3) is 0 Å². The van der Waals surface area contributed by atoms with Gasteiger partial charge in [-0.15, -0.1) is 0 Å². The average Bonchev–Trinajstić information content (AvgIpc) is 2.48. The Morgan fingerprint density at radius 2 is 2.00 bits per heavy atom. The van der Waals surface area contributed by atoms with Gasteiger partial charge in [0.05, 0.1) is 0 Å². The van der Waals surface area contributed by atoms with Gasteiger partial charge in [-0.2, -0.15) is 0 Å². The molecule has 0 spiro atoms. The van der Waals surface area contributed by atoms with Crippen LogP contribution >= 0.6 is 0 Å². The number of hydrogen-bond acceptors (Lipinski definition) is 2. The Bertz CT molecular complexity index is 488. The Morgan fingerprint density at radius 3 is 2.55 bits per heavy atom. The highest BCUT2D eigenvalue weighted by Gasteiger charge is 2.10. The summed E-state index contributed by atoms with van der Waals surface area (Å²) in [6.45, 7) is 13.2. The van der Waals surface area contributed by atoms with Crippen LogP contribution in [0.1, 0.15) is 40.5 Å². The molecule has 20 heavy (non-hydrogen) atoms. The van der Waals surface area contributed by atoms with Crippen LogP contribution in [0.5, 0.6) is 0 Å². The minimum Gasteiger partial charge on any atom is -0.348 e. The van der Waals surface area contributed by atoms with Crippen molar-refractivity contribution in [3.63, 3.8) is 0 Å². The standard InChI is InChI=1S/C18H26N2/c1-6-10-18-12-11-17(14-20(18)9-4)16(8-3)13-19-15(5)7-2/h6,10-14H,1,7-9H2,2-5H3/b16-13+,18-10-,19-15-. The molecule has 0 aliphatic carbocycles. The summed E-state index contributed by atoms with van der Waals surface area (Å²) in [4.78, 5) is 6.76. The molecule has 0 N–H and O–H groups in total. The molecular formula is C18H26N2. The van der Waals surface area contributed by atoms with Crippen molar-refractivity contribution in [3.8, 4) is 0 Å². The topological polar surface area (TPSA) is 15.6 Å². The zero-order chi connectivity index (χ0) is 15.0. The molecule has 0 aromatic heterocycles. The third-order valence-electron chi connectivity index (χ3n) is 3.39. The Morgan fingerprint density at radius 1 is 1.25 bits per heavy atom. The molecule has 0 bridgehead atoms. The highest BCUT2D eigenvalue weighted by Crippen LogP contribution is 2.24. The maximum atomic E-state index is 4.53. The predicted octanol–water partition coefficient (Wildman–Crippen LogP) is 5.00. The predicted molar refractivity (Wildman–Crippen MR) is 89.7 cm³/mol. The molecular weight excluding hydrogens is 244 g/mol. The van der Waals surface area contributed by atoms with Gasteiger partial charge in [0.2, 0.25) is 0 Å². The molecule has 2 heteroatoms. The largest absolute Gasteiger partial charge is 0.348 e. The van der Waals surface area contributed by atoms with Gasteiger partial charge in [-0.3, -0.25) is 4.99 Å². The van der Waals surface area contributed by atoms with Crippen LogP contribution in [0.3, 0.4) is 0 Å². The second-order valence-corrected chi connectivity index (χ2v) is 4.76. The smallest absolute Gasteiger partial charge is 0.0406 e. The highest BCUT2D eigenvalue weighted by molar-refractivity contribution is 5.82. The van der Waals surface area contributed by atoms with Crippen LogP contribution in [-0.4, -0.2) is 17.2 Å². The Kier molecular flexibility index (Phi) is 6.78. The van der Waals surface area contributed by atoms with Crippen molar-refractivity contribution in [2.75, 3.05) is 6.54 Å². The number of allylic oxidation sites excluding steroid dienone is 6. The van der Waals surface area contributed by atoms with Crippen molar-refractivity contribution in [1.29, 1.82) is 0 Å². The average molecular weight is 270 g/mol. The number of rotatable bonds is 6. The van der Waals surface area contributed by atoms with Crippen LogP contribution in [-0.2, 0) is 0 Å². The summed E-state index contributed by atoms with van der Waals surface area (Å²) in [5, 5.41) is 0. The lowest BCUT2D eigenvalue weighted by Crippen LogP contribution is -2.18. The lowest BCUT2D eigenvalue weighted by Gasteiger charge is -2.25. The summed E-state index contributed by atoms with van der Waals surface area (Å²) in [6, 6.07) is 0. The number of aliphatic imine (C=N–C) groups is 1. The van der Waals surface area contributed by atoms with E-state index in [0.717, 1.165) is 25.1 Å². The van der Waals surface area contributed by atoms with Gasteiger partial charge in [0.15, 0.2) is 0 Å². The van der Waals surface area contributed by atoms with Crippen molar-refractivity contribution in [1.82, 2.24) is 4.90 Å². The molecule has 2 nitrogen and oxygen atoms in total. The molecule has 1 heterocycles. The van der Waals surface area contributed by atoms with Crippen molar-refractivity contribution in [2.24, 2.45) is 4.99 Å². The molecule has 1 rings (SSSR count). The van der Waals surface area contributed by atoms with Crippen molar-refractivity contribution in [2.45, 2.75) is 40.5 Å². The number of nitrogens with zero attached hydrogens (tertiary/aromatic N) is 2. The quantitative estimate of drug-likeness (QED) is 0.620. The number of likely N-dealkylation sites (N-methyl/N-ethyl adjacent to an activating group) is 1. The van der Waals surface area contributed by atoms with Gasteiger partial charge in [-0.25, -0.2) is 0 Å². The van der Waals surface area contributed by atoms with E-state index in [-0.39, 0.29) is 0 Å². The van der Waals surface area contributed by atoms with Crippen LogP contribution in [0.4, 0.5) is 0 Å². The van der Waals surface area contributed by atoms with E-state index in [2.05, 4.69) is 62.5 Å².